The van der Waals surface area contributed by atoms with Crippen molar-refractivity contribution in [2.45, 2.75) is 6.54 Å². The van der Waals surface area contributed by atoms with E-state index in [2.05, 4.69) is 16.5 Å². The Kier molecular flexibility index (Phi) is 6.42. The Balaban J connectivity index is 1.74. The van der Waals surface area contributed by atoms with E-state index < -0.39 is 0 Å². The number of hydrogen-bond donors (Lipinski definition) is 1. The van der Waals surface area contributed by atoms with Gasteiger partial charge in [-0.05, 0) is 48.5 Å². The van der Waals surface area contributed by atoms with Crippen molar-refractivity contribution in [2.75, 3.05) is 0 Å². The van der Waals surface area contributed by atoms with Crippen molar-refractivity contribution in [3.63, 3.8) is 0 Å². The number of hydrogen-bond acceptors (Lipinski definition) is 4. The molecule has 0 saturated carbocycles. The maximum Gasteiger partial charge on any atom is 0.251 e. The lowest BCUT2D eigenvalue weighted by Gasteiger charge is -2.09. The number of carbonyl (C=O) groups is 1. The van der Waals surface area contributed by atoms with Gasteiger partial charge < -0.3 is 5.32 Å². The van der Waals surface area contributed by atoms with Gasteiger partial charge in [-0.2, -0.15) is 15.6 Å². The highest BCUT2D eigenvalue weighted by atomic mass is 35.5. The van der Waals surface area contributed by atoms with E-state index in [1.807, 2.05) is 12.1 Å². The van der Waals surface area contributed by atoms with E-state index in [4.69, 9.17) is 28.5 Å². The maximum atomic E-state index is 12.6. The molecule has 0 atom stereocenters. The first kappa shape index (κ1) is 22.1. The highest BCUT2D eigenvalue weighted by Crippen LogP contribution is 2.32. The first-order chi connectivity index (χ1) is 16.0. The summed E-state index contributed by atoms with van der Waals surface area (Å²) in [6.45, 7) is 0.0276. The first-order valence-electron chi connectivity index (χ1n) is 9.83. The Morgan fingerprint density at radius 1 is 0.939 bits per heavy atom. The number of halogens is 2. The summed E-state index contributed by atoms with van der Waals surface area (Å²) in [7, 11) is 0. The van der Waals surface area contributed by atoms with Crippen LogP contribution in [0, 0.1) is 22.7 Å². The van der Waals surface area contributed by atoms with Crippen molar-refractivity contribution in [1.82, 2.24) is 15.1 Å². The van der Waals surface area contributed by atoms with E-state index in [0.717, 1.165) is 5.56 Å². The van der Waals surface area contributed by atoms with Gasteiger partial charge in [0.05, 0.1) is 34.6 Å². The second kappa shape index (κ2) is 9.58. The number of nitrogens with one attached hydrogen (secondary N) is 1. The minimum absolute atomic E-state index is 0.0276. The highest BCUT2D eigenvalue weighted by Gasteiger charge is 2.22. The molecule has 33 heavy (non-hydrogen) atoms. The van der Waals surface area contributed by atoms with Crippen LogP contribution in [-0.2, 0) is 6.54 Å². The van der Waals surface area contributed by atoms with E-state index in [-0.39, 0.29) is 12.5 Å². The number of nitriles is 2. The summed E-state index contributed by atoms with van der Waals surface area (Å²) in [6.07, 6.45) is 0. The number of aromatic nitrogens is 2. The van der Waals surface area contributed by atoms with Gasteiger partial charge in [0.15, 0.2) is 0 Å². The third-order valence-corrected chi connectivity index (χ3v) is 5.53. The van der Waals surface area contributed by atoms with E-state index >= 15 is 0 Å². The average molecular weight is 472 g/mol. The molecule has 160 valence electrons. The van der Waals surface area contributed by atoms with Crippen molar-refractivity contribution in [1.29, 1.82) is 10.5 Å². The number of rotatable bonds is 5. The lowest BCUT2D eigenvalue weighted by atomic mass is 10.1. The van der Waals surface area contributed by atoms with E-state index in [1.54, 1.807) is 71.4 Å². The van der Waals surface area contributed by atoms with E-state index in [9.17, 15) is 10.1 Å². The van der Waals surface area contributed by atoms with Crippen molar-refractivity contribution >= 4 is 29.1 Å². The van der Waals surface area contributed by atoms with Gasteiger partial charge in [0.25, 0.3) is 5.91 Å². The minimum Gasteiger partial charge on any atom is -0.346 e. The molecule has 0 aliphatic rings. The lowest BCUT2D eigenvalue weighted by Crippen LogP contribution is -2.23. The van der Waals surface area contributed by atoms with Crippen LogP contribution in [0.25, 0.3) is 16.9 Å². The van der Waals surface area contributed by atoms with Crippen LogP contribution >= 0.6 is 23.2 Å². The van der Waals surface area contributed by atoms with Crippen LogP contribution in [0.15, 0.2) is 72.8 Å². The fourth-order valence-electron chi connectivity index (χ4n) is 3.34. The topological polar surface area (TPSA) is 94.5 Å². The second-order valence-corrected chi connectivity index (χ2v) is 7.87. The van der Waals surface area contributed by atoms with Crippen molar-refractivity contribution in [3.05, 3.63) is 105 Å². The molecule has 8 heteroatoms. The lowest BCUT2D eigenvalue weighted by molar-refractivity contribution is 0.0950. The Morgan fingerprint density at radius 3 is 2.27 bits per heavy atom. The van der Waals surface area contributed by atoms with Gasteiger partial charge in [-0.15, -0.1) is 0 Å². The molecule has 0 aliphatic carbocycles. The molecule has 0 saturated heterocycles. The third-order valence-electron chi connectivity index (χ3n) is 4.96. The minimum atomic E-state index is -0.344. The molecule has 0 fully saturated rings. The predicted molar refractivity (Wildman–Crippen MR) is 126 cm³/mol. The van der Waals surface area contributed by atoms with Crippen LogP contribution in [0.1, 0.15) is 27.2 Å². The van der Waals surface area contributed by atoms with Gasteiger partial charge in [0.1, 0.15) is 17.3 Å². The van der Waals surface area contributed by atoms with Gasteiger partial charge in [0, 0.05) is 16.1 Å². The maximum absolute atomic E-state index is 12.6. The molecule has 0 unspecified atom stereocenters. The van der Waals surface area contributed by atoms with Crippen LogP contribution in [0.3, 0.4) is 0 Å². The van der Waals surface area contributed by atoms with E-state index in [1.165, 1.54) is 0 Å². The van der Waals surface area contributed by atoms with Crippen LogP contribution in [0.4, 0.5) is 0 Å². The zero-order valence-electron chi connectivity index (χ0n) is 17.1. The first-order valence-corrected chi connectivity index (χ1v) is 10.6. The highest BCUT2D eigenvalue weighted by molar-refractivity contribution is 6.32. The summed E-state index contributed by atoms with van der Waals surface area (Å²) in [6, 6.07) is 24.7. The average Bonchev–Trinajstić information content (AvgIpc) is 3.21. The molecule has 4 rings (SSSR count). The molecule has 1 heterocycles. The Morgan fingerprint density at radius 2 is 1.64 bits per heavy atom. The van der Waals surface area contributed by atoms with Crippen LogP contribution in [0.2, 0.25) is 10.0 Å². The molecule has 4 aromatic rings. The molecular formula is C25H15Cl2N5O. The van der Waals surface area contributed by atoms with Crippen molar-refractivity contribution in [2.24, 2.45) is 0 Å². The molecule has 1 N–H and O–H groups in total. The number of carbonyl (C=O) groups excluding carboxylic acids is 1. The zero-order valence-corrected chi connectivity index (χ0v) is 18.6. The number of amides is 1. The summed E-state index contributed by atoms with van der Waals surface area (Å²) in [4.78, 5) is 12.6. The quantitative estimate of drug-likeness (QED) is 0.414. The molecule has 6 nitrogen and oxygen atoms in total. The Hall–Kier alpha value is -4.10. The Bertz CT molecular complexity index is 1410. The smallest absolute Gasteiger partial charge is 0.251 e. The normalized spacial score (nSPS) is 10.3. The van der Waals surface area contributed by atoms with Crippen molar-refractivity contribution < 1.29 is 4.79 Å². The molecule has 1 amide bonds. The molecule has 3 aromatic carbocycles. The third kappa shape index (κ3) is 4.58. The van der Waals surface area contributed by atoms with Crippen LogP contribution < -0.4 is 5.32 Å². The summed E-state index contributed by atoms with van der Waals surface area (Å²) in [5, 5.41) is 27.3. The summed E-state index contributed by atoms with van der Waals surface area (Å²) in [5.74, 6) is -0.344. The fraction of sp³-hybridized carbons (Fsp3) is 0.0400. The fourth-order valence-corrected chi connectivity index (χ4v) is 3.68. The largest absolute Gasteiger partial charge is 0.346 e. The number of para-hydroxylation sites is 1. The molecule has 0 radical (unpaired) electrons. The van der Waals surface area contributed by atoms with Crippen LogP contribution in [0.5, 0.6) is 0 Å². The van der Waals surface area contributed by atoms with Gasteiger partial charge in [0.2, 0.25) is 0 Å². The zero-order chi connectivity index (χ0) is 23.4. The van der Waals surface area contributed by atoms with Crippen LogP contribution in [-0.4, -0.2) is 15.7 Å². The second-order valence-electron chi connectivity index (χ2n) is 7.02. The van der Waals surface area contributed by atoms with Gasteiger partial charge in [-0.3, -0.25) is 4.79 Å². The van der Waals surface area contributed by atoms with E-state index in [0.29, 0.717) is 43.8 Å². The summed E-state index contributed by atoms with van der Waals surface area (Å²) < 4.78 is 1.60. The van der Waals surface area contributed by atoms with Crippen molar-refractivity contribution in [3.8, 4) is 29.1 Å². The number of benzene rings is 3. The molecule has 1 aromatic heterocycles. The molecule has 0 aliphatic heterocycles. The van der Waals surface area contributed by atoms with Gasteiger partial charge in [-0.25, -0.2) is 4.68 Å². The predicted octanol–water partition coefficient (Wildman–Crippen LogP) is 5.52. The SMILES string of the molecule is N#Cc1ccc(C(=O)NCc2nn(-c3ccccc3Cl)c(-c3ccc(Cl)cc3)c2C#N)cc1. The summed E-state index contributed by atoms with van der Waals surface area (Å²) in [5.41, 5.74) is 3.45. The molecular weight excluding hydrogens is 457 g/mol. The summed E-state index contributed by atoms with van der Waals surface area (Å²) >= 11 is 12.5. The Labute approximate surface area is 200 Å². The van der Waals surface area contributed by atoms with Gasteiger partial charge in [-0.1, -0.05) is 47.5 Å². The standard InChI is InChI=1S/C25H15Cl2N5O/c26-19-11-9-17(10-12-19)24-20(14-29)22(31-32(24)23-4-2-1-3-21(23)27)15-30-25(33)18-7-5-16(13-28)6-8-18/h1-12H,15H2,(H,30,33). The molecule has 0 spiro atoms. The monoisotopic (exact) mass is 471 g/mol. The molecule has 0 bridgehead atoms. The van der Waals surface area contributed by atoms with Gasteiger partial charge >= 0.3 is 0 Å². The number of nitrogens with zero attached hydrogens (tertiary/aromatic N) is 4.